The summed E-state index contributed by atoms with van der Waals surface area (Å²) in [5.41, 5.74) is 0. The van der Waals surface area contributed by atoms with E-state index < -0.39 is 0 Å². The molecule has 3 nitrogen and oxygen atoms in total. The molecular formula is C14H22N2OS. The van der Waals surface area contributed by atoms with Crippen LogP contribution in [-0.4, -0.2) is 18.5 Å². The standard InChI is InChI=1S/C14H22N2OS/c1-2-6-11(13-8-5-10-18-13)16-12-7-3-4-9-15-14(12)17/h5,8,10-12,16H,2-4,6-7,9H2,1H3,(H,15,17). The molecule has 2 unspecified atom stereocenters. The third-order valence-corrected chi connectivity index (χ3v) is 4.39. The van der Waals surface area contributed by atoms with Crippen molar-refractivity contribution >= 4 is 17.2 Å². The fourth-order valence-electron chi connectivity index (χ4n) is 2.43. The van der Waals surface area contributed by atoms with Crippen molar-refractivity contribution in [1.29, 1.82) is 0 Å². The second-order valence-electron chi connectivity index (χ2n) is 4.86. The normalized spacial score (nSPS) is 22.3. The summed E-state index contributed by atoms with van der Waals surface area (Å²) in [5, 5.41) is 8.64. The Hall–Kier alpha value is -0.870. The van der Waals surface area contributed by atoms with Crippen molar-refractivity contribution in [3.05, 3.63) is 22.4 Å². The fourth-order valence-corrected chi connectivity index (χ4v) is 3.25. The summed E-state index contributed by atoms with van der Waals surface area (Å²) in [7, 11) is 0. The van der Waals surface area contributed by atoms with E-state index in [1.807, 2.05) is 0 Å². The van der Waals surface area contributed by atoms with Crippen molar-refractivity contribution in [2.45, 2.75) is 51.1 Å². The Morgan fingerprint density at radius 1 is 1.56 bits per heavy atom. The maximum Gasteiger partial charge on any atom is 0.237 e. The smallest absolute Gasteiger partial charge is 0.237 e. The summed E-state index contributed by atoms with van der Waals surface area (Å²) < 4.78 is 0. The van der Waals surface area contributed by atoms with E-state index in [-0.39, 0.29) is 11.9 Å². The van der Waals surface area contributed by atoms with Crippen molar-refractivity contribution in [3.8, 4) is 0 Å². The summed E-state index contributed by atoms with van der Waals surface area (Å²) in [6, 6.07) is 4.54. The molecule has 1 aliphatic heterocycles. The molecule has 2 rings (SSSR count). The SMILES string of the molecule is CCCC(NC1CCCCNC1=O)c1cccs1. The van der Waals surface area contributed by atoms with Gasteiger partial charge in [-0.1, -0.05) is 19.4 Å². The third-order valence-electron chi connectivity index (χ3n) is 3.40. The van der Waals surface area contributed by atoms with Crippen LogP contribution in [0.3, 0.4) is 0 Å². The highest BCUT2D eigenvalue weighted by molar-refractivity contribution is 7.10. The van der Waals surface area contributed by atoms with Gasteiger partial charge in [-0.3, -0.25) is 10.1 Å². The second-order valence-corrected chi connectivity index (χ2v) is 5.84. The molecule has 1 aliphatic rings. The van der Waals surface area contributed by atoms with Gasteiger partial charge in [0.25, 0.3) is 0 Å². The molecule has 2 N–H and O–H groups in total. The average molecular weight is 266 g/mol. The molecule has 1 fully saturated rings. The molecule has 0 aromatic carbocycles. The molecule has 2 atom stereocenters. The van der Waals surface area contributed by atoms with Crippen LogP contribution in [0.2, 0.25) is 0 Å². The first-order valence-corrected chi connectivity index (χ1v) is 7.76. The van der Waals surface area contributed by atoms with Crippen LogP contribution in [0.1, 0.15) is 49.9 Å². The minimum Gasteiger partial charge on any atom is -0.355 e. The van der Waals surface area contributed by atoms with E-state index >= 15 is 0 Å². The Morgan fingerprint density at radius 2 is 2.44 bits per heavy atom. The fraction of sp³-hybridized carbons (Fsp3) is 0.643. The largest absolute Gasteiger partial charge is 0.355 e. The van der Waals surface area contributed by atoms with Crippen molar-refractivity contribution in [2.75, 3.05) is 6.54 Å². The molecule has 0 saturated carbocycles. The highest BCUT2D eigenvalue weighted by Gasteiger charge is 2.24. The first-order chi connectivity index (χ1) is 8.81. The Balaban J connectivity index is 2.01. The lowest BCUT2D eigenvalue weighted by molar-refractivity contribution is -0.123. The van der Waals surface area contributed by atoms with Crippen molar-refractivity contribution in [2.24, 2.45) is 0 Å². The van der Waals surface area contributed by atoms with Crippen LogP contribution in [0, 0.1) is 0 Å². The molecule has 1 amide bonds. The van der Waals surface area contributed by atoms with Crippen LogP contribution in [0.5, 0.6) is 0 Å². The van der Waals surface area contributed by atoms with E-state index in [9.17, 15) is 4.79 Å². The number of hydrogen-bond acceptors (Lipinski definition) is 3. The van der Waals surface area contributed by atoms with Gasteiger partial charge in [0.2, 0.25) is 5.91 Å². The molecule has 0 bridgehead atoms. The van der Waals surface area contributed by atoms with Crippen LogP contribution in [0.15, 0.2) is 17.5 Å². The molecule has 1 aromatic rings. The highest BCUT2D eigenvalue weighted by Crippen LogP contribution is 2.24. The number of hydrogen-bond donors (Lipinski definition) is 2. The minimum absolute atomic E-state index is 0.0221. The number of amides is 1. The van der Waals surface area contributed by atoms with E-state index in [0.29, 0.717) is 6.04 Å². The number of carbonyl (C=O) groups is 1. The maximum atomic E-state index is 12.0. The Morgan fingerprint density at radius 3 is 3.17 bits per heavy atom. The van der Waals surface area contributed by atoms with E-state index in [1.165, 1.54) is 4.88 Å². The Kier molecular flexibility index (Phi) is 5.20. The van der Waals surface area contributed by atoms with E-state index in [4.69, 9.17) is 0 Å². The third kappa shape index (κ3) is 3.56. The van der Waals surface area contributed by atoms with Gasteiger partial charge in [0.15, 0.2) is 0 Å². The molecular weight excluding hydrogens is 244 g/mol. The molecule has 4 heteroatoms. The van der Waals surface area contributed by atoms with Gasteiger partial charge in [0.1, 0.15) is 0 Å². The zero-order chi connectivity index (χ0) is 12.8. The number of thiophene rings is 1. The maximum absolute atomic E-state index is 12.0. The molecule has 1 saturated heterocycles. The topological polar surface area (TPSA) is 41.1 Å². The first kappa shape index (κ1) is 13.6. The van der Waals surface area contributed by atoms with E-state index in [2.05, 4.69) is 35.1 Å². The molecule has 0 aliphatic carbocycles. The van der Waals surface area contributed by atoms with Gasteiger partial charge in [0.05, 0.1) is 6.04 Å². The quantitative estimate of drug-likeness (QED) is 0.860. The van der Waals surface area contributed by atoms with Crippen molar-refractivity contribution < 1.29 is 4.79 Å². The summed E-state index contributed by atoms with van der Waals surface area (Å²) in [6.07, 6.45) is 5.40. The molecule has 0 radical (unpaired) electrons. The number of carbonyl (C=O) groups excluding carboxylic acids is 1. The van der Waals surface area contributed by atoms with Crippen LogP contribution in [-0.2, 0) is 4.79 Å². The molecule has 2 heterocycles. The monoisotopic (exact) mass is 266 g/mol. The zero-order valence-corrected chi connectivity index (χ0v) is 11.8. The summed E-state index contributed by atoms with van der Waals surface area (Å²) in [5.74, 6) is 0.171. The van der Waals surface area contributed by atoms with Gasteiger partial charge < -0.3 is 5.32 Å². The summed E-state index contributed by atoms with van der Waals surface area (Å²) >= 11 is 1.77. The Labute approximate surface area is 113 Å². The Bertz CT molecular complexity index is 364. The van der Waals surface area contributed by atoms with Crippen LogP contribution in [0.4, 0.5) is 0 Å². The predicted octanol–water partition coefficient (Wildman–Crippen LogP) is 2.85. The van der Waals surface area contributed by atoms with Crippen molar-refractivity contribution in [3.63, 3.8) is 0 Å². The van der Waals surface area contributed by atoms with Gasteiger partial charge in [-0.2, -0.15) is 0 Å². The van der Waals surface area contributed by atoms with Gasteiger partial charge in [0, 0.05) is 17.5 Å². The number of rotatable bonds is 5. The van der Waals surface area contributed by atoms with Crippen molar-refractivity contribution in [1.82, 2.24) is 10.6 Å². The van der Waals surface area contributed by atoms with Gasteiger partial charge >= 0.3 is 0 Å². The van der Waals surface area contributed by atoms with Gasteiger partial charge in [-0.05, 0) is 37.1 Å². The number of nitrogens with one attached hydrogen (secondary N) is 2. The zero-order valence-electron chi connectivity index (χ0n) is 10.9. The van der Waals surface area contributed by atoms with Gasteiger partial charge in [-0.15, -0.1) is 11.3 Å². The van der Waals surface area contributed by atoms with E-state index in [0.717, 1.165) is 38.6 Å². The molecule has 1 aromatic heterocycles. The minimum atomic E-state index is -0.0221. The first-order valence-electron chi connectivity index (χ1n) is 6.88. The lowest BCUT2D eigenvalue weighted by Gasteiger charge is -2.23. The molecule has 18 heavy (non-hydrogen) atoms. The predicted molar refractivity (Wildman–Crippen MR) is 75.8 cm³/mol. The second kappa shape index (κ2) is 6.90. The average Bonchev–Trinajstić information content (AvgIpc) is 2.82. The molecule has 100 valence electrons. The summed E-state index contributed by atoms with van der Waals surface area (Å²) in [4.78, 5) is 13.3. The lowest BCUT2D eigenvalue weighted by atomic mass is 10.1. The van der Waals surface area contributed by atoms with Gasteiger partial charge in [-0.25, -0.2) is 0 Å². The lowest BCUT2D eigenvalue weighted by Crippen LogP contribution is -2.44. The van der Waals surface area contributed by atoms with E-state index in [1.54, 1.807) is 11.3 Å². The van der Waals surface area contributed by atoms with Crippen LogP contribution < -0.4 is 10.6 Å². The molecule has 0 spiro atoms. The van der Waals surface area contributed by atoms with Crippen LogP contribution in [0.25, 0.3) is 0 Å². The summed E-state index contributed by atoms with van der Waals surface area (Å²) in [6.45, 7) is 3.02. The van der Waals surface area contributed by atoms with Crippen LogP contribution >= 0.6 is 11.3 Å². The highest BCUT2D eigenvalue weighted by atomic mass is 32.1.